The number of aliphatic hydroxyl groups excluding tert-OH is 1. The Morgan fingerprint density at radius 1 is 1.43 bits per heavy atom. The first-order chi connectivity index (χ1) is 10.1. The van der Waals surface area contributed by atoms with E-state index in [9.17, 15) is 4.39 Å². The highest BCUT2D eigenvalue weighted by atomic mass is 19.1. The average molecular weight is 294 g/mol. The summed E-state index contributed by atoms with van der Waals surface area (Å²) in [5.74, 6) is -0.131. The van der Waals surface area contributed by atoms with E-state index in [0.29, 0.717) is 18.6 Å². The molecule has 2 rings (SSSR count). The highest BCUT2D eigenvalue weighted by molar-refractivity contribution is 5.55. The maximum atomic E-state index is 14.2. The molecule has 1 aromatic rings. The molecule has 1 heterocycles. The van der Waals surface area contributed by atoms with E-state index in [1.165, 1.54) is 0 Å². The van der Waals surface area contributed by atoms with Gasteiger partial charge in [0.15, 0.2) is 0 Å². The zero-order chi connectivity index (χ0) is 15.2. The molecule has 2 N–H and O–H groups in total. The molecule has 21 heavy (non-hydrogen) atoms. The van der Waals surface area contributed by atoms with Crippen LogP contribution in [0.3, 0.4) is 0 Å². The van der Waals surface area contributed by atoms with Crippen LogP contribution >= 0.6 is 0 Å². The van der Waals surface area contributed by atoms with E-state index in [-0.39, 0.29) is 12.4 Å². The van der Waals surface area contributed by atoms with E-state index in [1.54, 1.807) is 12.1 Å². The number of hydrogen-bond donors (Lipinski definition) is 2. The van der Waals surface area contributed by atoms with Gasteiger partial charge >= 0.3 is 0 Å². The van der Waals surface area contributed by atoms with Crippen LogP contribution in [0.2, 0.25) is 0 Å². The largest absolute Gasteiger partial charge is 0.396 e. The molecule has 4 heteroatoms. The summed E-state index contributed by atoms with van der Waals surface area (Å²) in [5.41, 5.74) is 1.78. The summed E-state index contributed by atoms with van der Waals surface area (Å²) in [6.45, 7) is 5.91. The minimum absolute atomic E-state index is 0.131. The second-order valence-electron chi connectivity index (χ2n) is 6.13. The molecule has 0 aromatic heterocycles. The van der Waals surface area contributed by atoms with Gasteiger partial charge < -0.3 is 15.3 Å². The Morgan fingerprint density at radius 2 is 2.24 bits per heavy atom. The molecule has 0 aliphatic carbocycles. The van der Waals surface area contributed by atoms with Crippen LogP contribution in [0.4, 0.5) is 10.1 Å². The standard InChI is InChI=1S/C17H27FN2O/c1-13(2)19-12-15-16(18)8-3-9-17(15)20-10-4-6-14(20)7-5-11-21/h3,8-9,13-14,19,21H,4-7,10-12H2,1-2H3. The molecule has 1 saturated heterocycles. The van der Waals surface area contributed by atoms with E-state index in [2.05, 4.69) is 24.1 Å². The predicted octanol–water partition coefficient (Wildman–Crippen LogP) is 3.07. The van der Waals surface area contributed by atoms with Crippen LogP contribution in [0.5, 0.6) is 0 Å². The molecule has 1 fully saturated rings. The van der Waals surface area contributed by atoms with Gasteiger partial charge in [-0.25, -0.2) is 4.39 Å². The normalized spacial score (nSPS) is 18.7. The lowest BCUT2D eigenvalue weighted by molar-refractivity contribution is 0.279. The van der Waals surface area contributed by atoms with Crippen LogP contribution in [0.1, 0.15) is 45.1 Å². The van der Waals surface area contributed by atoms with Gasteiger partial charge in [-0.05, 0) is 37.8 Å². The average Bonchev–Trinajstić information content (AvgIpc) is 2.91. The van der Waals surface area contributed by atoms with Crippen molar-refractivity contribution in [3.05, 3.63) is 29.6 Å². The molecule has 0 radical (unpaired) electrons. The Kier molecular flexibility index (Phi) is 6.00. The molecule has 0 spiro atoms. The monoisotopic (exact) mass is 294 g/mol. The molecule has 3 nitrogen and oxygen atoms in total. The van der Waals surface area contributed by atoms with Crippen molar-refractivity contribution in [2.45, 2.75) is 58.2 Å². The highest BCUT2D eigenvalue weighted by Gasteiger charge is 2.26. The molecule has 1 aliphatic rings. The molecule has 0 saturated carbocycles. The fraction of sp³-hybridized carbons (Fsp3) is 0.647. The van der Waals surface area contributed by atoms with Gasteiger partial charge in [0, 0.05) is 43.0 Å². The molecule has 1 unspecified atom stereocenters. The van der Waals surface area contributed by atoms with E-state index >= 15 is 0 Å². The van der Waals surface area contributed by atoms with E-state index in [0.717, 1.165) is 43.5 Å². The fourth-order valence-corrected chi connectivity index (χ4v) is 3.08. The van der Waals surface area contributed by atoms with Gasteiger partial charge in [-0.2, -0.15) is 0 Å². The lowest BCUT2D eigenvalue weighted by atomic mass is 10.1. The number of nitrogens with zero attached hydrogens (tertiary/aromatic N) is 1. The maximum absolute atomic E-state index is 14.2. The summed E-state index contributed by atoms with van der Waals surface area (Å²) in [5, 5.41) is 12.4. The Bertz CT molecular complexity index is 450. The third kappa shape index (κ3) is 4.17. The van der Waals surface area contributed by atoms with Crippen molar-refractivity contribution in [2.24, 2.45) is 0 Å². The second kappa shape index (κ2) is 7.76. The van der Waals surface area contributed by atoms with Crippen molar-refractivity contribution in [2.75, 3.05) is 18.1 Å². The van der Waals surface area contributed by atoms with Crippen molar-refractivity contribution < 1.29 is 9.50 Å². The van der Waals surface area contributed by atoms with Gasteiger partial charge in [-0.3, -0.25) is 0 Å². The number of aliphatic hydroxyl groups is 1. The van der Waals surface area contributed by atoms with Gasteiger partial charge in [0.2, 0.25) is 0 Å². The number of benzene rings is 1. The summed E-state index contributed by atoms with van der Waals surface area (Å²) >= 11 is 0. The van der Waals surface area contributed by atoms with Crippen molar-refractivity contribution in [3.63, 3.8) is 0 Å². The topological polar surface area (TPSA) is 35.5 Å². The van der Waals surface area contributed by atoms with E-state index < -0.39 is 0 Å². The Morgan fingerprint density at radius 3 is 2.95 bits per heavy atom. The number of hydrogen-bond acceptors (Lipinski definition) is 3. The first-order valence-corrected chi connectivity index (χ1v) is 8.01. The third-order valence-electron chi connectivity index (χ3n) is 4.16. The first kappa shape index (κ1) is 16.2. The lowest BCUT2D eigenvalue weighted by Crippen LogP contribution is -2.32. The minimum atomic E-state index is -0.131. The highest BCUT2D eigenvalue weighted by Crippen LogP contribution is 2.32. The predicted molar refractivity (Wildman–Crippen MR) is 85.1 cm³/mol. The van der Waals surface area contributed by atoms with Crippen molar-refractivity contribution in [1.82, 2.24) is 5.32 Å². The molecular weight excluding hydrogens is 267 g/mol. The van der Waals surface area contributed by atoms with Gasteiger partial charge in [0.1, 0.15) is 5.82 Å². The minimum Gasteiger partial charge on any atom is -0.396 e. The van der Waals surface area contributed by atoms with E-state index in [1.807, 2.05) is 6.07 Å². The van der Waals surface area contributed by atoms with Crippen molar-refractivity contribution in [1.29, 1.82) is 0 Å². The van der Waals surface area contributed by atoms with Gasteiger partial charge in [-0.15, -0.1) is 0 Å². The zero-order valence-corrected chi connectivity index (χ0v) is 13.1. The molecule has 1 aromatic carbocycles. The Hall–Kier alpha value is -1.13. The summed E-state index contributed by atoms with van der Waals surface area (Å²) in [6, 6.07) is 6.13. The van der Waals surface area contributed by atoms with Gasteiger partial charge in [-0.1, -0.05) is 19.9 Å². The summed E-state index contributed by atoms with van der Waals surface area (Å²) in [7, 11) is 0. The summed E-state index contributed by atoms with van der Waals surface area (Å²) < 4.78 is 14.2. The van der Waals surface area contributed by atoms with Crippen LogP contribution in [-0.2, 0) is 6.54 Å². The van der Waals surface area contributed by atoms with Gasteiger partial charge in [0.25, 0.3) is 0 Å². The Labute approximate surface area is 127 Å². The number of halogens is 1. The molecule has 0 amide bonds. The second-order valence-corrected chi connectivity index (χ2v) is 6.13. The number of nitrogens with one attached hydrogen (secondary N) is 1. The number of rotatable bonds is 7. The molecular formula is C17H27FN2O. The molecule has 1 aliphatic heterocycles. The molecule has 1 atom stereocenters. The zero-order valence-electron chi connectivity index (χ0n) is 13.1. The molecule has 118 valence electrons. The first-order valence-electron chi connectivity index (χ1n) is 8.01. The molecule has 0 bridgehead atoms. The maximum Gasteiger partial charge on any atom is 0.129 e. The lowest BCUT2D eigenvalue weighted by Gasteiger charge is -2.29. The smallest absolute Gasteiger partial charge is 0.129 e. The van der Waals surface area contributed by atoms with Gasteiger partial charge in [0.05, 0.1) is 0 Å². The van der Waals surface area contributed by atoms with Crippen molar-refractivity contribution in [3.8, 4) is 0 Å². The van der Waals surface area contributed by atoms with Crippen LogP contribution < -0.4 is 10.2 Å². The van der Waals surface area contributed by atoms with E-state index in [4.69, 9.17) is 5.11 Å². The quantitative estimate of drug-likeness (QED) is 0.811. The van der Waals surface area contributed by atoms with Crippen LogP contribution in [0.15, 0.2) is 18.2 Å². The van der Waals surface area contributed by atoms with Crippen LogP contribution in [-0.4, -0.2) is 30.3 Å². The van der Waals surface area contributed by atoms with Crippen LogP contribution in [0, 0.1) is 5.82 Å². The summed E-state index contributed by atoms with van der Waals surface area (Å²) in [6.07, 6.45) is 4.07. The fourth-order valence-electron chi connectivity index (χ4n) is 3.08. The number of anilines is 1. The van der Waals surface area contributed by atoms with Crippen LogP contribution in [0.25, 0.3) is 0 Å². The Balaban J connectivity index is 2.19. The van der Waals surface area contributed by atoms with Crippen molar-refractivity contribution >= 4 is 5.69 Å². The summed E-state index contributed by atoms with van der Waals surface area (Å²) in [4.78, 5) is 2.33. The SMILES string of the molecule is CC(C)NCc1c(F)cccc1N1CCCC1CCCO. The third-order valence-corrected chi connectivity index (χ3v) is 4.16.